The van der Waals surface area contributed by atoms with E-state index < -0.39 is 0 Å². The first kappa shape index (κ1) is 14.7. The summed E-state index contributed by atoms with van der Waals surface area (Å²) in [5.41, 5.74) is 13.8. The van der Waals surface area contributed by atoms with Crippen LogP contribution < -0.4 is 11.5 Å². The summed E-state index contributed by atoms with van der Waals surface area (Å²) in [6.45, 7) is 7.12. The van der Waals surface area contributed by atoms with Gasteiger partial charge >= 0.3 is 0 Å². The molecule has 0 heterocycles. The van der Waals surface area contributed by atoms with Gasteiger partial charge in [0.2, 0.25) is 5.91 Å². The standard InChI is InChI=1S/C15H24N2O/c1-15(2,3)13-9-11(6-4-5-7-16)8-12(10-13)14(17)18/h8-10H,4-7,16H2,1-3H3,(H2,17,18). The third-order valence-corrected chi connectivity index (χ3v) is 3.06. The zero-order chi connectivity index (χ0) is 13.8. The fourth-order valence-corrected chi connectivity index (χ4v) is 1.89. The number of unbranched alkanes of at least 4 members (excludes halogenated alkanes) is 1. The number of benzene rings is 1. The largest absolute Gasteiger partial charge is 0.366 e. The number of carbonyl (C=O) groups is 1. The van der Waals surface area contributed by atoms with E-state index in [1.807, 2.05) is 12.1 Å². The topological polar surface area (TPSA) is 69.1 Å². The van der Waals surface area contributed by atoms with Crippen LogP contribution in [0.15, 0.2) is 18.2 Å². The molecule has 1 aromatic carbocycles. The average Bonchev–Trinajstić information content (AvgIpc) is 2.28. The Morgan fingerprint density at radius 3 is 2.33 bits per heavy atom. The normalized spacial score (nSPS) is 11.6. The summed E-state index contributed by atoms with van der Waals surface area (Å²) in [6, 6.07) is 5.96. The molecule has 3 nitrogen and oxygen atoms in total. The molecule has 0 radical (unpaired) electrons. The van der Waals surface area contributed by atoms with Gasteiger partial charge in [0.05, 0.1) is 0 Å². The molecule has 0 aliphatic rings. The first-order valence-electron chi connectivity index (χ1n) is 6.49. The maximum absolute atomic E-state index is 11.4. The van der Waals surface area contributed by atoms with Gasteiger partial charge in [0.25, 0.3) is 0 Å². The molecule has 4 N–H and O–H groups in total. The van der Waals surface area contributed by atoms with Crippen LogP contribution in [0.3, 0.4) is 0 Å². The molecule has 0 aliphatic heterocycles. The third-order valence-electron chi connectivity index (χ3n) is 3.06. The van der Waals surface area contributed by atoms with Crippen LogP contribution in [0.5, 0.6) is 0 Å². The lowest BCUT2D eigenvalue weighted by molar-refractivity contribution is 0.1000. The van der Waals surface area contributed by atoms with Gasteiger partial charge in [0.1, 0.15) is 0 Å². The van der Waals surface area contributed by atoms with Crippen LogP contribution in [0.2, 0.25) is 0 Å². The van der Waals surface area contributed by atoms with Crippen molar-refractivity contribution < 1.29 is 4.79 Å². The van der Waals surface area contributed by atoms with E-state index in [0.29, 0.717) is 12.1 Å². The fourth-order valence-electron chi connectivity index (χ4n) is 1.89. The van der Waals surface area contributed by atoms with Crippen LogP contribution in [-0.4, -0.2) is 12.5 Å². The molecule has 0 fully saturated rings. The Bertz CT molecular complexity index is 419. The van der Waals surface area contributed by atoms with E-state index in [9.17, 15) is 4.79 Å². The number of carbonyl (C=O) groups excluding carboxylic acids is 1. The molecule has 1 aromatic rings. The molecule has 0 saturated carbocycles. The van der Waals surface area contributed by atoms with Crippen LogP contribution in [0.4, 0.5) is 0 Å². The second-order valence-electron chi connectivity index (χ2n) is 5.78. The van der Waals surface area contributed by atoms with Gasteiger partial charge in [-0.25, -0.2) is 0 Å². The molecular formula is C15H24N2O. The molecule has 18 heavy (non-hydrogen) atoms. The second-order valence-corrected chi connectivity index (χ2v) is 5.78. The molecule has 1 amide bonds. The molecule has 1 rings (SSSR count). The molecular weight excluding hydrogens is 224 g/mol. The number of nitrogens with two attached hydrogens (primary N) is 2. The maximum atomic E-state index is 11.4. The average molecular weight is 248 g/mol. The zero-order valence-corrected chi connectivity index (χ0v) is 11.6. The molecule has 100 valence electrons. The summed E-state index contributed by atoms with van der Waals surface area (Å²) in [5.74, 6) is -0.360. The third kappa shape index (κ3) is 4.15. The van der Waals surface area contributed by atoms with E-state index in [2.05, 4.69) is 26.8 Å². The van der Waals surface area contributed by atoms with E-state index in [4.69, 9.17) is 11.5 Å². The molecule has 0 aromatic heterocycles. The molecule has 0 unspecified atom stereocenters. The summed E-state index contributed by atoms with van der Waals surface area (Å²) < 4.78 is 0. The number of hydrogen-bond acceptors (Lipinski definition) is 2. The minimum atomic E-state index is -0.360. The van der Waals surface area contributed by atoms with E-state index in [0.717, 1.165) is 24.8 Å². The highest BCUT2D eigenvalue weighted by molar-refractivity contribution is 5.93. The van der Waals surface area contributed by atoms with Crippen LogP contribution in [-0.2, 0) is 11.8 Å². The Labute approximate surface area is 110 Å². The van der Waals surface area contributed by atoms with Crippen molar-refractivity contribution in [3.05, 3.63) is 34.9 Å². The van der Waals surface area contributed by atoms with Gasteiger partial charge in [-0.15, -0.1) is 0 Å². The van der Waals surface area contributed by atoms with Crippen LogP contribution in [0.25, 0.3) is 0 Å². The lowest BCUT2D eigenvalue weighted by Gasteiger charge is -2.21. The van der Waals surface area contributed by atoms with E-state index in [1.54, 1.807) is 0 Å². The van der Waals surface area contributed by atoms with Crippen molar-refractivity contribution in [1.29, 1.82) is 0 Å². The van der Waals surface area contributed by atoms with Crippen molar-refractivity contribution in [2.45, 2.75) is 45.4 Å². The van der Waals surface area contributed by atoms with Gasteiger partial charge in [0, 0.05) is 5.56 Å². The quantitative estimate of drug-likeness (QED) is 0.785. The lowest BCUT2D eigenvalue weighted by atomic mass is 9.84. The van der Waals surface area contributed by atoms with Gasteiger partial charge in [-0.1, -0.05) is 26.8 Å². The summed E-state index contributed by atoms with van der Waals surface area (Å²) >= 11 is 0. The monoisotopic (exact) mass is 248 g/mol. The SMILES string of the molecule is CC(C)(C)c1cc(CCCCN)cc(C(N)=O)c1. The molecule has 0 atom stereocenters. The van der Waals surface area contributed by atoms with E-state index >= 15 is 0 Å². The van der Waals surface area contributed by atoms with Crippen LogP contribution >= 0.6 is 0 Å². The van der Waals surface area contributed by atoms with Crippen molar-refractivity contribution in [3.63, 3.8) is 0 Å². The highest BCUT2D eigenvalue weighted by Crippen LogP contribution is 2.25. The predicted octanol–water partition coefficient (Wildman–Crippen LogP) is 2.36. The van der Waals surface area contributed by atoms with Gasteiger partial charge in [-0.05, 0) is 54.5 Å². The number of aryl methyl sites for hydroxylation is 1. The highest BCUT2D eigenvalue weighted by Gasteiger charge is 2.16. The number of primary amides is 1. The maximum Gasteiger partial charge on any atom is 0.248 e. The Hall–Kier alpha value is -1.35. The highest BCUT2D eigenvalue weighted by atomic mass is 16.1. The molecule has 0 spiro atoms. The van der Waals surface area contributed by atoms with Gasteiger partial charge in [-0.3, -0.25) is 4.79 Å². The number of rotatable bonds is 5. The minimum Gasteiger partial charge on any atom is -0.366 e. The number of hydrogen-bond donors (Lipinski definition) is 2. The van der Waals surface area contributed by atoms with Gasteiger partial charge < -0.3 is 11.5 Å². The van der Waals surface area contributed by atoms with E-state index in [-0.39, 0.29) is 11.3 Å². The molecule has 0 saturated heterocycles. The summed E-state index contributed by atoms with van der Waals surface area (Å²) in [4.78, 5) is 11.4. The Kier molecular flexibility index (Phi) is 4.91. The van der Waals surface area contributed by atoms with Crippen molar-refractivity contribution in [3.8, 4) is 0 Å². The summed E-state index contributed by atoms with van der Waals surface area (Å²) in [5, 5.41) is 0. The van der Waals surface area contributed by atoms with Gasteiger partial charge in [-0.2, -0.15) is 0 Å². The fraction of sp³-hybridized carbons (Fsp3) is 0.533. The molecule has 0 bridgehead atoms. The molecule has 3 heteroatoms. The summed E-state index contributed by atoms with van der Waals surface area (Å²) in [6.07, 6.45) is 3.00. The van der Waals surface area contributed by atoms with Crippen molar-refractivity contribution in [2.24, 2.45) is 11.5 Å². The first-order valence-corrected chi connectivity index (χ1v) is 6.49. The predicted molar refractivity (Wildman–Crippen MR) is 75.7 cm³/mol. The zero-order valence-electron chi connectivity index (χ0n) is 11.6. The lowest BCUT2D eigenvalue weighted by Crippen LogP contribution is -2.16. The van der Waals surface area contributed by atoms with Crippen molar-refractivity contribution in [2.75, 3.05) is 6.54 Å². The van der Waals surface area contributed by atoms with Crippen molar-refractivity contribution >= 4 is 5.91 Å². The Balaban J connectivity index is 3.03. The van der Waals surface area contributed by atoms with Gasteiger partial charge in [0.15, 0.2) is 0 Å². The van der Waals surface area contributed by atoms with Crippen LogP contribution in [0.1, 0.15) is 55.1 Å². The van der Waals surface area contributed by atoms with Crippen molar-refractivity contribution in [1.82, 2.24) is 0 Å². The minimum absolute atomic E-state index is 0.0219. The van der Waals surface area contributed by atoms with Crippen LogP contribution in [0, 0.1) is 0 Å². The molecule has 0 aliphatic carbocycles. The smallest absolute Gasteiger partial charge is 0.248 e. The number of amides is 1. The second kappa shape index (κ2) is 6.01. The van der Waals surface area contributed by atoms with E-state index in [1.165, 1.54) is 5.56 Å². The Morgan fingerprint density at radius 1 is 1.17 bits per heavy atom. The summed E-state index contributed by atoms with van der Waals surface area (Å²) in [7, 11) is 0. The Morgan fingerprint density at radius 2 is 1.83 bits per heavy atom. The first-order chi connectivity index (χ1) is 8.34.